The summed E-state index contributed by atoms with van der Waals surface area (Å²) in [4.78, 5) is 22.0. The van der Waals surface area contributed by atoms with Gasteiger partial charge in [-0.3, -0.25) is 10.1 Å². The minimum Gasteiger partial charge on any atom is -0.449 e. The number of carbonyl (C=O) groups is 1. The van der Waals surface area contributed by atoms with Gasteiger partial charge in [0.2, 0.25) is 0 Å². The fraction of sp³-hybridized carbons (Fsp3) is 0.0714. The van der Waals surface area contributed by atoms with E-state index in [2.05, 4.69) is 0 Å². The van der Waals surface area contributed by atoms with Crippen molar-refractivity contribution < 1.29 is 14.5 Å². The van der Waals surface area contributed by atoms with Crippen LogP contribution < -0.4 is 0 Å². The van der Waals surface area contributed by atoms with Crippen molar-refractivity contribution in [1.29, 1.82) is 0 Å². The molecule has 0 radical (unpaired) electrons. The summed E-state index contributed by atoms with van der Waals surface area (Å²) in [7, 11) is 0. The number of hydrogen-bond donors (Lipinski definition) is 0. The number of carbonyl (C=O) groups excluding carboxylic acids is 1. The van der Waals surface area contributed by atoms with E-state index < -0.39 is 17.0 Å². The molecule has 0 amide bonds. The number of ether oxygens (including phenoxy) is 1. The average molecular weight is 255 g/mol. The first-order valence-corrected chi connectivity index (χ1v) is 5.71. The van der Waals surface area contributed by atoms with E-state index in [1.165, 1.54) is 12.1 Å². The smallest absolute Gasteiger partial charge is 0.339 e. The van der Waals surface area contributed by atoms with Gasteiger partial charge in [0, 0.05) is 17.7 Å². The third-order valence-electron chi connectivity index (χ3n) is 3.08. The van der Waals surface area contributed by atoms with Crippen LogP contribution in [0.5, 0.6) is 0 Å². The van der Waals surface area contributed by atoms with Gasteiger partial charge in [0.15, 0.2) is 6.10 Å². The zero-order valence-electron chi connectivity index (χ0n) is 9.78. The normalized spacial score (nSPS) is 16.8. The number of nitrogens with zero attached hydrogens (tertiary/aromatic N) is 1. The predicted octanol–water partition coefficient (Wildman–Crippen LogP) is 2.85. The fourth-order valence-corrected chi connectivity index (χ4v) is 2.17. The van der Waals surface area contributed by atoms with E-state index >= 15 is 0 Å². The number of cyclic esters (lactones) is 1. The molecule has 0 saturated carbocycles. The van der Waals surface area contributed by atoms with Gasteiger partial charge in [-0.05, 0) is 11.6 Å². The van der Waals surface area contributed by atoms with E-state index in [1.54, 1.807) is 6.07 Å². The van der Waals surface area contributed by atoms with Gasteiger partial charge in [-0.2, -0.15) is 0 Å². The summed E-state index contributed by atoms with van der Waals surface area (Å²) in [5, 5.41) is 10.7. The van der Waals surface area contributed by atoms with Crippen molar-refractivity contribution in [2.75, 3.05) is 0 Å². The largest absolute Gasteiger partial charge is 0.449 e. The lowest BCUT2D eigenvalue weighted by molar-refractivity contribution is -0.384. The molecule has 1 heterocycles. The maximum atomic E-state index is 11.8. The van der Waals surface area contributed by atoms with Gasteiger partial charge in [0.1, 0.15) is 0 Å². The molecule has 1 atom stereocenters. The standard InChI is InChI=1S/C14H9NO4/c16-14-12-8-10(15(17)18)6-7-11(12)13(19-14)9-4-2-1-3-5-9/h1-8,13H. The molecule has 5 heteroatoms. The first-order valence-electron chi connectivity index (χ1n) is 5.71. The molecular weight excluding hydrogens is 246 g/mol. The molecule has 94 valence electrons. The predicted molar refractivity (Wildman–Crippen MR) is 66.8 cm³/mol. The van der Waals surface area contributed by atoms with Crippen molar-refractivity contribution in [3.05, 3.63) is 75.3 Å². The second-order valence-corrected chi connectivity index (χ2v) is 4.22. The summed E-state index contributed by atoms with van der Waals surface area (Å²) < 4.78 is 5.29. The number of hydrogen-bond acceptors (Lipinski definition) is 4. The second kappa shape index (κ2) is 4.20. The van der Waals surface area contributed by atoms with Gasteiger partial charge in [-0.1, -0.05) is 30.3 Å². The molecular formula is C14H9NO4. The van der Waals surface area contributed by atoms with Crippen LogP contribution in [-0.4, -0.2) is 10.9 Å². The highest BCUT2D eigenvalue weighted by atomic mass is 16.6. The van der Waals surface area contributed by atoms with E-state index in [0.717, 1.165) is 5.56 Å². The van der Waals surface area contributed by atoms with Crippen LogP contribution in [0.25, 0.3) is 0 Å². The molecule has 2 aromatic rings. The summed E-state index contributed by atoms with van der Waals surface area (Å²) in [6.07, 6.45) is -0.482. The summed E-state index contributed by atoms with van der Waals surface area (Å²) in [6, 6.07) is 13.5. The first kappa shape index (κ1) is 11.4. The van der Waals surface area contributed by atoms with Gasteiger partial charge >= 0.3 is 5.97 Å². The molecule has 1 aliphatic heterocycles. The molecule has 19 heavy (non-hydrogen) atoms. The van der Waals surface area contributed by atoms with Gasteiger partial charge < -0.3 is 4.74 Å². The Morgan fingerprint density at radius 2 is 1.84 bits per heavy atom. The summed E-state index contributed by atoms with van der Waals surface area (Å²) in [6.45, 7) is 0. The average Bonchev–Trinajstić information content (AvgIpc) is 2.77. The Labute approximate surface area is 108 Å². The number of nitro groups is 1. The second-order valence-electron chi connectivity index (χ2n) is 4.22. The van der Waals surface area contributed by atoms with Crippen molar-refractivity contribution in [3.63, 3.8) is 0 Å². The lowest BCUT2D eigenvalue weighted by Crippen LogP contribution is -1.99. The lowest BCUT2D eigenvalue weighted by Gasteiger charge is -2.10. The van der Waals surface area contributed by atoms with Gasteiger partial charge in [0.05, 0.1) is 10.5 Å². The zero-order valence-corrected chi connectivity index (χ0v) is 9.78. The van der Waals surface area contributed by atoms with Crippen LogP contribution in [0.4, 0.5) is 5.69 Å². The summed E-state index contributed by atoms with van der Waals surface area (Å²) >= 11 is 0. The summed E-state index contributed by atoms with van der Waals surface area (Å²) in [5.41, 5.74) is 1.68. The molecule has 0 spiro atoms. The highest BCUT2D eigenvalue weighted by molar-refractivity contribution is 5.95. The molecule has 0 bridgehead atoms. The number of nitro benzene ring substituents is 1. The third-order valence-corrected chi connectivity index (χ3v) is 3.08. The van der Waals surface area contributed by atoms with E-state index in [-0.39, 0.29) is 11.3 Å². The van der Waals surface area contributed by atoms with Crippen molar-refractivity contribution in [1.82, 2.24) is 0 Å². The first-order chi connectivity index (χ1) is 9.16. The Morgan fingerprint density at radius 1 is 1.11 bits per heavy atom. The quantitative estimate of drug-likeness (QED) is 0.470. The Bertz CT molecular complexity index is 666. The minimum atomic E-state index is -0.524. The monoisotopic (exact) mass is 255 g/mol. The van der Waals surface area contributed by atoms with Crippen LogP contribution in [-0.2, 0) is 4.74 Å². The molecule has 0 N–H and O–H groups in total. The maximum absolute atomic E-state index is 11.8. The number of esters is 1. The van der Waals surface area contributed by atoms with Crippen LogP contribution in [0.1, 0.15) is 27.6 Å². The number of non-ortho nitro benzene ring substituents is 1. The van der Waals surface area contributed by atoms with Crippen molar-refractivity contribution in [2.24, 2.45) is 0 Å². The number of rotatable bonds is 2. The Balaban J connectivity index is 2.08. The molecule has 0 fully saturated rings. The lowest BCUT2D eigenvalue weighted by atomic mass is 9.99. The van der Waals surface area contributed by atoms with E-state index in [9.17, 15) is 14.9 Å². The van der Waals surface area contributed by atoms with Crippen molar-refractivity contribution >= 4 is 11.7 Å². The van der Waals surface area contributed by atoms with Gasteiger partial charge in [0.25, 0.3) is 5.69 Å². The van der Waals surface area contributed by atoms with E-state index in [0.29, 0.717) is 5.56 Å². The Kier molecular flexibility index (Phi) is 2.52. The van der Waals surface area contributed by atoms with E-state index in [1.807, 2.05) is 30.3 Å². The molecule has 5 nitrogen and oxygen atoms in total. The van der Waals surface area contributed by atoms with Crippen molar-refractivity contribution in [2.45, 2.75) is 6.10 Å². The number of benzene rings is 2. The van der Waals surface area contributed by atoms with Gasteiger partial charge in [-0.15, -0.1) is 0 Å². The molecule has 1 unspecified atom stereocenters. The third kappa shape index (κ3) is 1.85. The van der Waals surface area contributed by atoms with Crippen LogP contribution in [0, 0.1) is 10.1 Å². The highest BCUT2D eigenvalue weighted by Gasteiger charge is 2.33. The van der Waals surface area contributed by atoms with Crippen LogP contribution in [0.2, 0.25) is 0 Å². The highest BCUT2D eigenvalue weighted by Crippen LogP contribution is 2.37. The SMILES string of the molecule is O=C1OC(c2ccccc2)c2ccc([N+](=O)[O-])cc21. The molecule has 3 rings (SSSR count). The zero-order chi connectivity index (χ0) is 13.4. The van der Waals surface area contributed by atoms with Crippen molar-refractivity contribution in [3.8, 4) is 0 Å². The topological polar surface area (TPSA) is 69.4 Å². The minimum absolute atomic E-state index is 0.107. The fourth-order valence-electron chi connectivity index (χ4n) is 2.17. The maximum Gasteiger partial charge on any atom is 0.339 e. The van der Waals surface area contributed by atoms with Gasteiger partial charge in [-0.25, -0.2) is 4.79 Å². The molecule has 0 saturated heterocycles. The Hall–Kier alpha value is -2.69. The number of fused-ring (bicyclic) bond motifs is 1. The van der Waals surface area contributed by atoms with Crippen LogP contribution in [0.3, 0.4) is 0 Å². The van der Waals surface area contributed by atoms with Crippen LogP contribution in [0.15, 0.2) is 48.5 Å². The van der Waals surface area contributed by atoms with Crippen LogP contribution >= 0.6 is 0 Å². The Morgan fingerprint density at radius 3 is 2.53 bits per heavy atom. The van der Waals surface area contributed by atoms with E-state index in [4.69, 9.17) is 4.74 Å². The summed E-state index contributed by atoms with van der Waals surface area (Å²) in [5.74, 6) is -0.521. The molecule has 2 aromatic carbocycles. The molecule has 0 aromatic heterocycles. The molecule has 0 aliphatic carbocycles. The molecule has 1 aliphatic rings.